The molecule has 2 heterocycles. The Morgan fingerprint density at radius 2 is 2.14 bits per heavy atom. The molecular weight excluding hydrogens is 262 g/mol. The zero-order chi connectivity index (χ0) is 14.8. The molecule has 0 radical (unpaired) electrons. The molecule has 0 atom stereocenters. The van der Waals surface area contributed by atoms with Crippen LogP contribution in [0.2, 0.25) is 0 Å². The molecule has 0 saturated carbocycles. The smallest absolute Gasteiger partial charge is 0.144 e. The van der Waals surface area contributed by atoms with Crippen molar-refractivity contribution in [1.29, 1.82) is 5.26 Å². The third kappa shape index (κ3) is 2.43. The van der Waals surface area contributed by atoms with Crippen molar-refractivity contribution in [3.05, 3.63) is 53.3 Å². The third-order valence-electron chi connectivity index (χ3n) is 3.63. The highest BCUT2D eigenvalue weighted by Crippen LogP contribution is 2.20. The number of nitrogens with zero attached hydrogens (tertiary/aromatic N) is 4. The number of hydrogen-bond donors (Lipinski definition) is 1. The van der Waals surface area contributed by atoms with E-state index in [-0.39, 0.29) is 0 Å². The quantitative estimate of drug-likeness (QED) is 0.799. The summed E-state index contributed by atoms with van der Waals surface area (Å²) >= 11 is 0. The van der Waals surface area contributed by atoms with Gasteiger partial charge in [-0.3, -0.25) is 4.68 Å². The number of aromatic nitrogens is 3. The molecule has 21 heavy (non-hydrogen) atoms. The van der Waals surface area contributed by atoms with Gasteiger partial charge in [-0.15, -0.1) is 0 Å². The number of nitriles is 1. The average molecular weight is 277 g/mol. The first-order chi connectivity index (χ1) is 10.2. The Kier molecular flexibility index (Phi) is 3.28. The van der Waals surface area contributed by atoms with Crippen molar-refractivity contribution in [1.82, 2.24) is 14.8 Å². The fraction of sp³-hybridized carbons (Fsp3) is 0.188. The summed E-state index contributed by atoms with van der Waals surface area (Å²) in [5.41, 5.74) is 3.62. The summed E-state index contributed by atoms with van der Waals surface area (Å²) in [6.45, 7) is 2.61. The highest BCUT2D eigenvalue weighted by atomic mass is 15.3. The summed E-state index contributed by atoms with van der Waals surface area (Å²) in [6, 6.07) is 11.8. The number of nitrogens with one attached hydrogen (secondary N) is 1. The molecule has 2 aromatic heterocycles. The van der Waals surface area contributed by atoms with E-state index in [1.165, 1.54) is 0 Å². The summed E-state index contributed by atoms with van der Waals surface area (Å²) in [6.07, 6.45) is 1.83. The van der Waals surface area contributed by atoms with Gasteiger partial charge in [0, 0.05) is 30.2 Å². The van der Waals surface area contributed by atoms with Crippen molar-refractivity contribution in [3.63, 3.8) is 0 Å². The van der Waals surface area contributed by atoms with Gasteiger partial charge in [-0.05, 0) is 19.1 Å². The van der Waals surface area contributed by atoms with Gasteiger partial charge in [-0.2, -0.15) is 10.4 Å². The summed E-state index contributed by atoms with van der Waals surface area (Å²) < 4.78 is 1.83. The maximum Gasteiger partial charge on any atom is 0.144 e. The first-order valence-corrected chi connectivity index (χ1v) is 6.70. The Morgan fingerprint density at radius 3 is 2.86 bits per heavy atom. The minimum Gasteiger partial charge on any atom is -0.365 e. The van der Waals surface area contributed by atoms with Crippen LogP contribution in [0.3, 0.4) is 0 Å². The van der Waals surface area contributed by atoms with Crippen LogP contribution < -0.4 is 5.32 Å². The fourth-order valence-corrected chi connectivity index (χ4v) is 2.23. The van der Waals surface area contributed by atoms with E-state index in [0.29, 0.717) is 17.9 Å². The van der Waals surface area contributed by atoms with E-state index in [1.54, 1.807) is 0 Å². The standard InChI is InChI=1S/C16H15N5/c1-11-14(10-19-21(11)2)9-18-16-13(8-17)7-12-5-3-4-6-15(12)20-16/h3-7,10H,9H2,1-2H3,(H,18,20). The minimum absolute atomic E-state index is 0.551. The Bertz CT molecular complexity index is 841. The lowest BCUT2D eigenvalue weighted by atomic mass is 10.1. The van der Waals surface area contributed by atoms with Crippen LogP contribution in [-0.4, -0.2) is 14.8 Å². The molecule has 5 heteroatoms. The van der Waals surface area contributed by atoms with Crippen LogP contribution in [0.15, 0.2) is 36.5 Å². The summed E-state index contributed by atoms with van der Waals surface area (Å²) in [5, 5.41) is 17.7. The average Bonchev–Trinajstić information content (AvgIpc) is 2.83. The zero-order valence-electron chi connectivity index (χ0n) is 12.0. The number of rotatable bonds is 3. The zero-order valence-corrected chi connectivity index (χ0v) is 12.0. The second-order valence-corrected chi connectivity index (χ2v) is 4.92. The summed E-state index contributed by atoms with van der Waals surface area (Å²) in [4.78, 5) is 4.54. The van der Waals surface area contributed by atoms with Gasteiger partial charge in [0.15, 0.2) is 0 Å². The number of fused-ring (bicyclic) bond motifs is 1. The molecule has 0 aliphatic rings. The maximum atomic E-state index is 9.29. The molecule has 0 fully saturated rings. The van der Waals surface area contributed by atoms with Crippen molar-refractivity contribution in [2.75, 3.05) is 5.32 Å². The predicted molar refractivity (Wildman–Crippen MR) is 81.7 cm³/mol. The lowest BCUT2D eigenvalue weighted by Crippen LogP contribution is -2.05. The van der Waals surface area contributed by atoms with Crippen LogP contribution in [-0.2, 0) is 13.6 Å². The lowest BCUT2D eigenvalue weighted by Gasteiger charge is -2.08. The second-order valence-electron chi connectivity index (χ2n) is 4.92. The largest absolute Gasteiger partial charge is 0.365 e. The monoisotopic (exact) mass is 277 g/mol. The number of para-hydroxylation sites is 1. The van der Waals surface area contributed by atoms with Gasteiger partial charge < -0.3 is 5.32 Å². The fourth-order valence-electron chi connectivity index (χ4n) is 2.23. The van der Waals surface area contributed by atoms with Gasteiger partial charge in [0.25, 0.3) is 0 Å². The number of anilines is 1. The number of hydrogen-bond acceptors (Lipinski definition) is 4. The van der Waals surface area contributed by atoms with Crippen LogP contribution in [0.25, 0.3) is 10.9 Å². The van der Waals surface area contributed by atoms with Crippen molar-refractivity contribution in [2.24, 2.45) is 7.05 Å². The molecule has 0 saturated heterocycles. The van der Waals surface area contributed by atoms with Crippen LogP contribution in [0.5, 0.6) is 0 Å². The SMILES string of the molecule is Cc1c(CNc2nc3ccccc3cc2C#N)cnn1C. The normalized spacial score (nSPS) is 10.5. The predicted octanol–water partition coefficient (Wildman–Crippen LogP) is 2.76. The Balaban J connectivity index is 1.93. The molecule has 1 aromatic carbocycles. The topological polar surface area (TPSA) is 66.5 Å². The molecule has 0 spiro atoms. The number of aryl methyl sites for hydroxylation is 1. The molecule has 3 rings (SSSR count). The van der Waals surface area contributed by atoms with Crippen LogP contribution >= 0.6 is 0 Å². The molecule has 5 nitrogen and oxygen atoms in total. The third-order valence-corrected chi connectivity index (χ3v) is 3.63. The van der Waals surface area contributed by atoms with E-state index in [2.05, 4.69) is 21.5 Å². The van der Waals surface area contributed by atoms with Gasteiger partial charge >= 0.3 is 0 Å². The van der Waals surface area contributed by atoms with Gasteiger partial charge in [0.2, 0.25) is 0 Å². The Labute approximate surface area is 122 Å². The first kappa shape index (κ1) is 13.1. The van der Waals surface area contributed by atoms with Crippen molar-refractivity contribution < 1.29 is 0 Å². The Morgan fingerprint density at radius 1 is 1.33 bits per heavy atom. The van der Waals surface area contributed by atoms with Crippen molar-refractivity contribution >= 4 is 16.7 Å². The summed E-state index contributed by atoms with van der Waals surface area (Å²) in [5.74, 6) is 0.611. The van der Waals surface area contributed by atoms with E-state index in [1.807, 2.05) is 55.2 Å². The highest BCUT2D eigenvalue weighted by Gasteiger charge is 2.08. The Hall–Kier alpha value is -2.87. The molecule has 3 aromatic rings. The van der Waals surface area contributed by atoms with Gasteiger partial charge in [0.05, 0.1) is 17.3 Å². The van der Waals surface area contributed by atoms with Gasteiger partial charge in [-0.1, -0.05) is 18.2 Å². The van der Waals surface area contributed by atoms with E-state index in [4.69, 9.17) is 0 Å². The molecule has 0 amide bonds. The van der Waals surface area contributed by atoms with E-state index < -0.39 is 0 Å². The number of pyridine rings is 1. The van der Waals surface area contributed by atoms with Gasteiger partial charge in [-0.25, -0.2) is 4.98 Å². The number of benzene rings is 1. The molecule has 0 aliphatic carbocycles. The molecule has 0 unspecified atom stereocenters. The highest BCUT2D eigenvalue weighted by molar-refractivity contribution is 5.82. The lowest BCUT2D eigenvalue weighted by molar-refractivity contribution is 0.738. The maximum absolute atomic E-state index is 9.29. The van der Waals surface area contributed by atoms with Crippen molar-refractivity contribution in [3.8, 4) is 6.07 Å². The molecular formula is C16H15N5. The van der Waals surface area contributed by atoms with E-state index in [0.717, 1.165) is 22.2 Å². The molecule has 0 bridgehead atoms. The second kappa shape index (κ2) is 5.25. The van der Waals surface area contributed by atoms with Gasteiger partial charge in [0.1, 0.15) is 11.9 Å². The summed E-state index contributed by atoms with van der Waals surface area (Å²) in [7, 11) is 1.91. The van der Waals surface area contributed by atoms with Crippen molar-refractivity contribution in [2.45, 2.75) is 13.5 Å². The first-order valence-electron chi connectivity index (χ1n) is 6.70. The van der Waals surface area contributed by atoms with Crippen LogP contribution in [0, 0.1) is 18.3 Å². The van der Waals surface area contributed by atoms with Crippen LogP contribution in [0.1, 0.15) is 16.8 Å². The van der Waals surface area contributed by atoms with E-state index in [9.17, 15) is 5.26 Å². The van der Waals surface area contributed by atoms with Crippen LogP contribution in [0.4, 0.5) is 5.82 Å². The minimum atomic E-state index is 0.551. The molecule has 1 N–H and O–H groups in total. The van der Waals surface area contributed by atoms with E-state index >= 15 is 0 Å². The molecule has 104 valence electrons. The molecule has 0 aliphatic heterocycles.